The molecule has 2 aromatic rings. The summed E-state index contributed by atoms with van der Waals surface area (Å²) in [5, 5.41) is 13.0. The zero-order chi connectivity index (χ0) is 20.4. The number of anilines is 1. The number of likely N-dealkylation sites (tertiary alicyclic amines) is 1. The van der Waals surface area contributed by atoms with Gasteiger partial charge in [-0.1, -0.05) is 41.9 Å². The van der Waals surface area contributed by atoms with Crippen molar-refractivity contribution < 1.29 is 4.92 Å². The molecule has 2 aliphatic heterocycles. The molecular formula is C21H22ClN3O2S2. The number of rotatable bonds is 5. The molecule has 1 saturated heterocycles. The lowest BCUT2D eigenvalue weighted by Crippen LogP contribution is -2.45. The molecule has 152 valence electrons. The lowest BCUT2D eigenvalue weighted by Gasteiger charge is -2.38. The molecule has 0 spiro atoms. The lowest BCUT2D eigenvalue weighted by molar-refractivity contribution is -0.384. The third-order valence-corrected chi connectivity index (χ3v) is 7.75. The van der Waals surface area contributed by atoms with Gasteiger partial charge in [0.1, 0.15) is 5.50 Å². The number of piperidine rings is 1. The van der Waals surface area contributed by atoms with Gasteiger partial charge in [-0.05, 0) is 48.9 Å². The van der Waals surface area contributed by atoms with Crippen LogP contribution < -0.4 is 4.90 Å². The molecule has 1 fully saturated rings. The Morgan fingerprint density at radius 3 is 2.31 bits per heavy atom. The number of nitro benzene ring substituents is 1. The van der Waals surface area contributed by atoms with Crippen LogP contribution in [0.25, 0.3) is 4.91 Å². The number of hydrogen-bond donors (Lipinski definition) is 0. The SMILES string of the molecule is CSC1=C(c2ccc(Cl)cc2)SC(N2CCCCC2)N1c1ccc([N+](=O)[O-])cc1. The Balaban J connectivity index is 1.76. The van der Waals surface area contributed by atoms with Crippen molar-refractivity contribution in [3.05, 3.63) is 74.3 Å². The molecule has 2 aromatic carbocycles. The minimum absolute atomic E-state index is 0.114. The minimum Gasteiger partial charge on any atom is -0.309 e. The van der Waals surface area contributed by atoms with Crippen molar-refractivity contribution >= 4 is 51.4 Å². The summed E-state index contributed by atoms with van der Waals surface area (Å²) >= 11 is 9.67. The number of non-ortho nitro benzene ring substituents is 1. The summed E-state index contributed by atoms with van der Waals surface area (Å²) in [6.45, 7) is 2.13. The highest BCUT2D eigenvalue weighted by Crippen LogP contribution is 2.51. The first-order valence-corrected chi connectivity index (χ1v) is 12.1. The second-order valence-electron chi connectivity index (χ2n) is 7.03. The molecule has 0 saturated carbocycles. The monoisotopic (exact) mass is 447 g/mol. The van der Waals surface area contributed by atoms with Crippen molar-refractivity contribution in [2.75, 3.05) is 24.2 Å². The Morgan fingerprint density at radius 2 is 1.72 bits per heavy atom. The average Bonchev–Trinajstić information content (AvgIpc) is 3.14. The molecule has 0 aromatic heterocycles. The van der Waals surface area contributed by atoms with E-state index in [1.54, 1.807) is 23.9 Å². The fraction of sp³-hybridized carbons (Fsp3) is 0.333. The third kappa shape index (κ3) is 4.28. The van der Waals surface area contributed by atoms with Crippen molar-refractivity contribution in [1.29, 1.82) is 0 Å². The van der Waals surface area contributed by atoms with Gasteiger partial charge < -0.3 is 4.90 Å². The molecule has 2 heterocycles. The molecule has 0 radical (unpaired) electrons. The van der Waals surface area contributed by atoms with Crippen LogP contribution in [0.5, 0.6) is 0 Å². The van der Waals surface area contributed by atoms with Gasteiger partial charge in [-0.3, -0.25) is 15.0 Å². The molecule has 4 rings (SSSR count). The highest BCUT2D eigenvalue weighted by atomic mass is 35.5. The first kappa shape index (κ1) is 20.6. The van der Waals surface area contributed by atoms with E-state index in [1.807, 2.05) is 36.0 Å². The number of hydrogen-bond acceptors (Lipinski definition) is 6. The fourth-order valence-corrected chi connectivity index (χ4v) is 6.43. The minimum atomic E-state index is -0.352. The van der Waals surface area contributed by atoms with E-state index in [4.69, 9.17) is 11.6 Å². The Kier molecular flexibility index (Phi) is 6.39. The van der Waals surface area contributed by atoms with Crippen LogP contribution in [0.15, 0.2) is 53.6 Å². The van der Waals surface area contributed by atoms with Gasteiger partial charge in [0.2, 0.25) is 0 Å². The van der Waals surface area contributed by atoms with Crippen LogP contribution in [0, 0.1) is 10.1 Å². The highest BCUT2D eigenvalue weighted by Gasteiger charge is 2.38. The van der Waals surface area contributed by atoms with E-state index in [-0.39, 0.29) is 16.1 Å². The van der Waals surface area contributed by atoms with Gasteiger partial charge >= 0.3 is 0 Å². The van der Waals surface area contributed by atoms with Gasteiger partial charge in [0.15, 0.2) is 0 Å². The number of nitrogens with zero attached hydrogens (tertiary/aromatic N) is 3. The molecule has 29 heavy (non-hydrogen) atoms. The zero-order valence-corrected chi connectivity index (χ0v) is 18.5. The van der Waals surface area contributed by atoms with Crippen LogP contribution in [-0.2, 0) is 0 Å². The summed E-state index contributed by atoms with van der Waals surface area (Å²) in [7, 11) is 0. The zero-order valence-electron chi connectivity index (χ0n) is 16.1. The van der Waals surface area contributed by atoms with Gasteiger partial charge in [0, 0.05) is 40.8 Å². The average molecular weight is 448 g/mol. The number of benzene rings is 2. The summed E-state index contributed by atoms with van der Waals surface area (Å²) in [5.74, 6) is 0. The van der Waals surface area contributed by atoms with E-state index >= 15 is 0 Å². The van der Waals surface area contributed by atoms with Crippen molar-refractivity contribution in [3.8, 4) is 0 Å². The Hall–Kier alpha value is -1.67. The van der Waals surface area contributed by atoms with Crippen molar-refractivity contribution in [3.63, 3.8) is 0 Å². The number of halogens is 1. The van der Waals surface area contributed by atoms with Crippen LogP contribution in [0.4, 0.5) is 11.4 Å². The van der Waals surface area contributed by atoms with E-state index in [2.05, 4.69) is 28.2 Å². The maximum absolute atomic E-state index is 11.1. The summed E-state index contributed by atoms with van der Waals surface area (Å²) in [4.78, 5) is 16.8. The standard InChI is InChI=1S/C21H22ClN3O2S2/c1-28-20-19(15-5-7-16(22)8-6-15)29-21(23-13-3-2-4-14-23)24(20)17-9-11-18(12-10-17)25(26)27/h5-12,21H,2-4,13-14H2,1H3. The molecule has 8 heteroatoms. The van der Waals surface area contributed by atoms with E-state index in [0.717, 1.165) is 29.4 Å². The Morgan fingerprint density at radius 1 is 1.07 bits per heavy atom. The Bertz CT molecular complexity index is 913. The van der Waals surface area contributed by atoms with E-state index in [0.29, 0.717) is 0 Å². The number of nitro groups is 1. The van der Waals surface area contributed by atoms with Gasteiger partial charge in [0.05, 0.1) is 9.95 Å². The van der Waals surface area contributed by atoms with E-state index in [9.17, 15) is 10.1 Å². The topological polar surface area (TPSA) is 49.6 Å². The molecule has 0 N–H and O–H groups in total. The lowest BCUT2D eigenvalue weighted by atomic mass is 10.1. The van der Waals surface area contributed by atoms with Crippen molar-refractivity contribution in [2.24, 2.45) is 0 Å². The quantitative estimate of drug-likeness (QED) is 0.398. The van der Waals surface area contributed by atoms with Crippen LogP contribution in [0.3, 0.4) is 0 Å². The van der Waals surface area contributed by atoms with Crippen molar-refractivity contribution in [2.45, 2.75) is 24.8 Å². The smallest absolute Gasteiger partial charge is 0.269 e. The van der Waals surface area contributed by atoms with Crippen molar-refractivity contribution in [1.82, 2.24) is 4.90 Å². The fourth-order valence-electron chi connectivity index (χ4n) is 3.76. The second-order valence-corrected chi connectivity index (χ2v) is 9.33. The highest BCUT2D eigenvalue weighted by molar-refractivity contribution is 8.12. The molecular weight excluding hydrogens is 426 g/mol. The molecule has 1 atom stereocenters. The molecule has 0 bridgehead atoms. The first-order valence-electron chi connectivity index (χ1n) is 9.57. The summed E-state index contributed by atoms with van der Waals surface area (Å²) in [6.07, 6.45) is 5.77. The van der Waals surface area contributed by atoms with Gasteiger partial charge in [0.25, 0.3) is 5.69 Å². The van der Waals surface area contributed by atoms with E-state index in [1.165, 1.54) is 29.2 Å². The molecule has 2 aliphatic rings. The third-order valence-electron chi connectivity index (χ3n) is 5.20. The summed E-state index contributed by atoms with van der Waals surface area (Å²) < 4.78 is 0. The second kappa shape index (κ2) is 9.00. The first-order chi connectivity index (χ1) is 14.1. The van der Waals surface area contributed by atoms with Crippen LogP contribution in [-0.4, -0.2) is 34.7 Å². The van der Waals surface area contributed by atoms with Crippen LogP contribution in [0.1, 0.15) is 24.8 Å². The molecule has 1 unspecified atom stereocenters. The van der Waals surface area contributed by atoms with Crippen LogP contribution >= 0.6 is 35.1 Å². The largest absolute Gasteiger partial charge is 0.309 e. The molecule has 0 aliphatic carbocycles. The van der Waals surface area contributed by atoms with Gasteiger partial charge in [-0.25, -0.2) is 0 Å². The predicted octanol–water partition coefficient (Wildman–Crippen LogP) is 6.26. The Labute approximate surface area is 184 Å². The number of thioether (sulfide) groups is 2. The maximum Gasteiger partial charge on any atom is 0.269 e. The molecule has 0 amide bonds. The molecule has 5 nitrogen and oxygen atoms in total. The normalized spacial score (nSPS) is 20.3. The summed E-state index contributed by atoms with van der Waals surface area (Å²) in [6, 6.07) is 14.9. The summed E-state index contributed by atoms with van der Waals surface area (Å²) in [5.41, 5.74) is 2.38. The predicted molar refractivity (Wildman–Crippen MR) is 124 cm³/mol. The van der Waals surface area contributed by atoms with E-state index < -0.39 is 0 Å². The maximum atomic E-state index is 11.1. The van der Waals surface area contributed by atoms with Gasteiger partial charge in [-0.15, -0.1) is 11.8 Å². The van der Waals surface area contributed by atoms with Gasteiger partial charge in [-0.2, -0.15) is 0 Å². The van der Waals surface area contributed by atoms with Crippen LogP contribution in [0.2, 0.25) is 5.02 Å².